The highest BCUT2D eigenvalue weighted by molar-refractivity contribution is 5.84. The molecule has 21 heavy (non-hydrogen) atoms. The van der Waals surface area contributed by atoms with Crippen molar-refractivity contribution in [2.75, 3.05) is 20.2 Å². The molecule has 0 aliphatic heterocycles. The van der Waals surface area contributed by atoms with Crippen LogP contribution in [0.3, 0.4) is 0 Å². The van der Waals surface area contributed by atoms with Gasteiger partial charge in [-0.25, -0.2) is 0 Å². The predicted octanol–water partition coefficient (Wildman–Crippen LogP) is 1.77. The van der Waals surface area contributed by atoms with Crippen LogP contribution in [-0.2, 0) is 11.2 Å². The Balaban J connectivity index is 2.60. The summed E-state index contributed by atoms with van der Waals surface area (Å²) in [5.41, 5.74) is 14.0. The molecule has 0 spiro atoms. The van der Waals surface area contributed by atoms with E-state index in [1.54, 1.807) is 14.0 Å². The summed E-state index contributed by atoms with van der Waals surface area (Å²) in [7, 11) is 1.62. The summed E-state index contributed by atoms with van der Waals surface area (Å²) in [5, 5.41) is 6.48. The Hall–Kier alpha value is -2.24. The number of ether oxygens (including phenoxy) is 1. The molecule has 0 heterocycles. The Morgan fingerprint density at radius 3 is 2.67 bits per heavy atom. The van der Waals surface area contributed by atoms with Gasteiger partial charge in [-0.15, -0.1) is 0 Å². The van der Waals surface area contributed by atoms with Crippen LogP contribution in [0.15, 0.2) is 29.4 Å². The minimum absolute atomic E-state index is 0.280. The molecule has 0 aromatic heterocycles. The lowest BCUT2D eigenvalue weighted by molar-refractivity contribution is -0.124. The van der Waals surface area contributed by atoms with E-state index in [0.717, 1.165) is 11.3 Å². The average Bonchev–Trinajstić information content (AvgIpc) is 2.50. The summed E-state index contributed by atoms with van der Waals surface area (Å²) in [6, 6.07) is 7.68. The smallest absolute Gasteiger partial charge is 0.237 e. The molecule has 1 unspecified atom stereocenters. The van der Waals surface area contributed by atoms with Gasteiger partial charge in [0.1, 0.15) is 5.75 Å². The molecule has 0 aliphatic rings. The number of hydrogen-bond acceptors (Lipinski definition) is 4. The standard InChI is InChI=1S/C14H21N5O2/c1-14(13(15)20,17-9-10-18-19-16)8-7-11-3-5-12(21-2)6-4-11/h3-6,17H,7-10H2,1-2H3,(H2,15,20). The van der Waals surface area contributed by atoms with Gasteiger partial charge in [-0.1, -0.05) is 17.2 Å². The minimum Gasteiger partial charge on any atom is -0.497 e. The lowest BCUT2D eigenvalue weighted by atomic mass is 9.92. The minimum atomic E-state index is -0.828. The van der Waals surface area contributed by atoms with E-state index in [-0.39, 0.29) is 6.54 Å². The molecular formula is C14H21N5O2. The first-order valence-electron chi connectivity index (χ1n) is 6.70. The lowest BCUT2D eigenvalue weighted by Gasteiger charge is -2.27. The fourth-order valence-corrected chi connectivity index (χ4v) is 1.91. The number of amides is 1. The van der Waals surface area contributed by atoms with Crippen LogP contribution in [0.1, 0.15) is 18.9 Å². The van der Waals surface area contributed by atoms with E-state index in [0.29, 0.717) is 19.4 Å². The molecule has 0 aliphatic carbocycles. The lowest BCUT2D eigenvalue weighted by Crippen LogP contribution is -2.54. The van der Waals surface area contributed by atoms with Crippen LogP contribution in [0.5, 0.6) is 5.75 Å². The number of carbonyl (C=O) groups excluding carboxylic acids is 1. The summed E-state index contributed by atoms with van der Waals surface area (Å²) in [4.78, 5) is 14.3. The van der Waals surface area contributed by atoms with Crippen molar-refractivity contribution < 1.29 is 9.53 Å². The van der Waals surface area contributed by atoms with Gasteiger partial charge in [0.05, 0.1) is 12.6 Å². The summed E-state index contributed by atoms with van der Waals surface area (Å²) in [6.45, 7) is 2.45. The van der Waals surface area contributed by atoms with Crippen LogP contribution in [0, 0.1) is 0 Å². The van der Waals surface area contributed by atoms with Crippen LogP contribution in [-0.4, -0.2) is 31.6 Å². The van der Waals surface area contributed by atoms with E-state index < -0.39 is 11.4 Å². The van der Waals surface area contributed by atoms with Crippen molar-refractivity contribution in [1.29, 1.82) is 0 Å². The van der Waals surface area contributed by atoms with Gasteiger partial charge in [-0.2, -0.15) is 0 Å². The summed E-state index contributed by atoms with van der Waals surface area (Å²) in [5.74, 6) is 0.376. The Morgan fingerprint density at radius 2 is 2.14 bits per heavy atom. The van der Waals surface area contributed by atoms with Crippen LogP contribution >= 0.6 is 0 Å². The number of primary amides is 1. The van der Waals surface area contributed by atoms with Crippen LogP contribution in [0.25, 0.3) is 10.4 Å². The van der Waals surface area contributed by atoms with E-state index in [1.807, 2.05) is 24.3 Å². The van der Waals surface area contributed by atoms with E-state index >= 15 is 0 Å². The zero-order valence-electron chi connectivity index (χ0n) is 12.4. The maximum absolute atomic E-state index is 11.6. The fraction of sp³-hybridized carbons (Fsp3) is 0.500. The molecule has 1 aromatic carbocycles. The van der Waals surface area contributed by atoms with Crippen molar-refractivity contribution in [3.8, 4) is 5.75 Å². The second-order valence-corrected chi connectivity index (χ2v) is 4.93. The van der Waals surface area contributed by atoms with E-state index in [2.05, 4.69) is 15.3 Å². The van der Waals surface area contributed by atoms with E-state index in [4.69, 9.17) is 16.0 Å². The quantitative estimate of drug-likeness (QED) is 0.313. The van der Waals surface area contributed by atoms with Crippen molar-refractivity contribution in [3.63, 3.8) is 0 Å². The Kier molecular flexibility index (Phi) is 6.52. The van der Waals surface area contributed by atoms with Crippen LogP contribution < -0.4 is 15.8 Å². The highest BCUT2D eigenvalue weighted by atomic mass is 16.5. The number of rotatable bonds is 9. The largest absolute Gasteiger partial charge is 0.497 e. The molecule has 114 valence electrons. The molecule has 0 fully saturated rings. The molecule has 7 nitrogen and oxygen atoms in total. The molecule has 1 atom stereocenters. The molecule has 1 aromatic rings. The number of benzene rings is 1. The molecule has 3 N–H and O–H groups in total. The molecular weight excluding hydrogens is 270 g/mol. The number of hydrogen-bond donors (Lipinski definition) is 2. The van der Waals surface area contributed by atoms with Gasteiger partial charge in [0.2, 0.25) is 5.91 Å². The van der Waals surface area contributed by atoms with Crippen LogP contribution in [0.2, 0.25) is 0 Å². The third-order valence-electron chi connectivity index (χ3n) is 3.41. The summed E-state index contributed by atoms with van der Waals surface area (Å²) >= 11 is 0. The summed E-state index contributed by atoms with van der Waals surface area (Å²) in [6.07, 6.45) is 1.27. The number of aryl methyl sites for hydroxylation is 1. The van der Waals surface area contributed by atoms with Gasteiger partial charge in [0.15, 0.2) is 0 Å². The Bertz CT molecular complexity index is 511. The van der Waals surface area contributed by atoms with Gasteiger partial charge < -0.3 is 15.8 Å². The second kappa shape index (κ2) is 8.14. The Morgan fingerprint density at radius 1 is 1.48 bits per heavy atom. The number of nitrogens with one attached hydrogen (secondary N) is 1. The first-order valence-corrected chi connectivity index (χ1v) is 6.70. The molecule has 0 saturated heterocycles. The second-order valence-electron chi connectivity index (χ2n) is 4.93. The third-order valence-corrected chi connectivity index (χ3v) is 3.41. The van der Waals surface area contributed by atoms with Gasteiger partial charge in [-0.05, 0) is 43.0 Å². The summed E-state index contributed by atoms with van der Waals surface area (Å²) < 4.78 is 5.10. The average molecular weight is 291 g/mol. The number of azide groups is 1. The highest BCUT2D eigenvalue weighted by Gasteiger charge is 2.29. The van der Waals surface area contributed by atoms with E-state index in [9.17, 15) is 4.79 Å². The third kappa shape index (κ3) is 5.33. The van der Waals surface area contributed by atoms with Gasteiger partial charge in [0, 0.05) is 18.0 Å². The van der Waals surface area contributed by atoms with Crippen molar-refractivity contribution in [2.45, 2.75) is 25.3 Å². The van der Waals surface area contributed by atoms with Crippen molar-refractivity contribution in [2.24, 2.45) is 10.8 Å². The zero-order chi connectivity index (χ0) is 15.7. The first-order chi connectivity index (χ1) is 10.0. The SMILES string of the molecule is COc1ccc(CCC(C)(NCCN=[N+]=[N-])C(N)=O)cc1. The topological polar surface area (TPSA) is 113 Å². The fourth-order valence-electron chi connectivity index (χ4n) is 1.91. The maximum Gasteiger partial charge on any atom is 0.237 e. The highest BCUT2D eigenvalue weighted by Crippen LogP contribution is 2.17. The van der Waals surface area contributed by atoms with E-state index in [1.165, 1.54) is 0 Å². The van der Waals surface area contributed by atoms with Crippen molar-refractivity contribution in [3.05, 3.63) is 40.3 Å². The number of methoxy groups -OCH3 is 1. The monoisotopic (exact) mass is 291 g/mol. The zero-order valence-corrected chi connectivity index (χ0v) is 12.4. The first kappa shape index (κ1) is 16.8. The predicted molar refractivity (Wildman–Crippen MR) is 80.9 cm³/mol. The van der Waals surface area contributed by atoms with Gasteiger partial charge >= 0.3 is 0 Å². The number of nitrogens with two attached hydrogens (primary N) is 1. The molecule has 0 radical (unpaired) electrons. The van der Waals surface area contributed by atoms with Crippen LogP contribution in [0.4, 0.5) is 0 Å². The molecule has 1 amide bonds. The van der Waals surface area contributed by atoms with Gasteiger partial charge in [0.25, 0.3) is 0 Å². The normalized spacial score (nSPS) is 13.0. The molecule has 7 heteroatoms. The molecule has 0 bridgehead atoms. The molecule has 0 saturated carbocycles. The van der Waals surface area contributed by atoms with Crippen molar-refractivity contribution >= 4 is 5.91 Å². The molecule has 1 rings (SSSR count). The number of carbonyl (C=O) groups is 1. The van der Waals surface area contributed by atoms with Gasteiger partial charge in [-0.3, -0.25) is 4.79 Å². The van der Waals surface area contributed by atoms with Crippen molar-refractivity contribution in [1.82, 2.24) is 5.32 Å². The maximum atomic E-state index is 11.6. The Labute approximate surface area is 124 Å². The number of nitrogens with zero attached hydrogens (tertiary/aromatic N) is 3.